The van der Waals surface area contributed by atoms with Crippen molar-refractivity contribution < 1.29 is 37.7 Å². The van der Waals surface area contributed by atoms with Crippen molar-refractivity contribution in [3.05, 3.63) is 53.6 Å². The zero-order valence-corrected chi connectivity index (χ0v) is 19.0. The van der Waals surface area contributed by atoms with E-state index in [1.54, 1.807) is 24.3 Å². The van der Waals surface area contributed by atoms with Gasteiger partial charge in [0, 0.05) is 24.3 Å². The molecule has 0 unspecified atom stereocenters. The van der Waals surface area contributed by atoms with E-state index in [1.165, 1.54) is 6.07 Å². The minimum Gasteiger partial charge on any atom is -0.490 e. The monoisotopic (exact) mass is 493 g/mol. The molecule has 8 nitrogen and oxygen atoms in total. The van der Waals surface area contributed by atoms with Crippen LogP contribution in [-0.4, -0.2) is 40.8 Å². The molecule has 0 saturated heterocycles. The Hall–Kier alpha value is -3.78. The number of hydrogen-bond donors (Lipinski definition) is 4. The van der Waals surface area contributed by atoms with Crippen LogP contribution in [0, 0.1) is 11.3 Å². The van der Waals surface area contributed by atoms with Crippen LogP contribution in [0.3, 0.4) is 0 Å². The fourth-order valence-electron chi connectivity index (χ4n) is 2.99. The molecule has 0 aromatic heterocycles. The Morgan fingerprint density at radius 2 is 1.71 bits per heavy atom. The number of nitriles is 1. The van der Waals surface area contributed by atoms with E-state index in [9.17, 15) is 27.9 Å². The van der Waals surface area contributed by atoms with E-state index in [-0.39, 0.29) is 12.1 Å². The number of amides is 1. The summed E-state index contributed by atoms with van der Waals surface area (Å²) in [4.78, 5) is 22.9. The molecule has 0 aliphatic heterocycles. The van der Waals surface area contributed by atoms with Crippen molar-refractivity contribution in [2.24, 2.45) is 0 Å². The summed E-state index contributed by atoms with van der Waals surface area (Å²) in [5.74, 6) is -1.42. The molecule has 2 rings (SSSR count). The third-order valence-corrected chi connectivity index (χ3v) is 4.96. The highest BCUT2D eigenvalue weighted by molar-refractivity contribution is 5.97. The van der Waals surface area contributed by atoms with Crippen LogP contribution in [0.1, 0.15) is 43.7 Å². The van der Waals surface area contributed by atoms with Crippen molar-refractivity contribution in [1.29, 1.82) is 5.26 Å². The van der Waals surface area contributed by atoms with Gasteiger partial charge in [-0.3, -0.25) is 9.59 Å². The van der Waals surface area contributed by atoms with Crippen molar-refractivity contribution in [2.45, 2.75) is 44.4 Å². The molecule has 4 N–H and O–H groups in total. The summed E-state index contributed by atoms with van der Waals surface area (Å²) >= 11 is 0. The van der Waals surface area contributed by atoms with Crippen molar-refractivity contribution in [3.63, 3.8) is 0 Å². The first-order valence-corrected chi connectivity index (χ1v) is 10.8. The number of ether oxygens (including phenoxy) is 1. The Bertz CT molecular complexity index is 1060. The first-order valence-electron chi connectivity index (χ1n) is 10.8. The molecule has 0 heterocycles. The molecule has 0 aliphatic carbocycles. The number of rotatable bonds is 12. The lowest BCUT2D eigenvalue weighted by Gasteiger charge is -2.23. The van der Waals surface area contributed by atoms with Crippen molar-refractivity contribution >= 4 is 23.3 Å². The summed E-state index contributed by atoms with van der Waals surface area (Å²) in [6.45, 7) is 1.37. The number of anilines is 2. The van der Waals surface area contributed by atoms with Crippen LogP contribution in [-0.2, 0) is 15.8 Å². The molecule has 0 spiro atoms. The number of carboxylic acid groups (broad SMARTS) is 1. The van der Waals surface area contributed by atoms with Gasteiger partial charge in [-0.05, 0) is 62.2 Å². The van der Waals surface area contributed by atoms with Crippen LogP contribution in [0.5, 0.6) is 5.75 Å². The second kappa shape index (κ2) is 12.1. The summed E-state index contributed by atoms with van der Waals surface area (Å²) in [6, 6.07) is 10.9. The molecule has 0 radical (unpaired) electrons. The van der Waals surface area contributed by atoms with E-state index in [0.717, 1.165) is 37.6 Å². The average molecular weight is 493 g/mol. The number of nitrogens with zero attached hydrogens (tertiary/aromatic N) is 1. The maximum Gasteiger partial charge on any atom is 0.417 e. The minimum absolute atomic E-state index is 0.149. The normalized spacial score (nSPS) is 12.8. The topological polar surface area (TPSA) is 132 Å². The predicted octanol–water partition coefficient (Wildman–Crippen LogP) is 4.40. The summed E-state index contributed by atoms with van der Waals surface area (Å²) in [5.41, 5.74) is -3.25. The Morgan fingerprint density at radius 1 is 1.06 bits per heavy atom. The second-order valence-electron chi connectivity index (χ2n) is 8.04. The van der Waals surface area contributed by atoms with E-state index in [2.05, 4.69) is 10.6 Å². The molecule has 0 fully saturated rings. The highest BCUT2D eigenvalue weighted by Gasteiger charge is 2.35. The smallest absolute Gasteiger partial charge is 0.417 e. The van der Waals surface area contributed by atoms with Crippen LogP contribution in [0.15, 0.2) is 42.5 Å². The van der Waals surface area contributed by atoms with E-state index in [4.69, 9.17) is 15.1 Å². The molecule has 1 atom stereocenters. The van der Waals surface area contributed by atoms with E-state index < -0.39 is 41.4 Å². The van der Waals surface area contributed by atoms with Gasteiger partial charge in [-0.2, -0.15) is 18.4 Å². The fourth-order valence-corrected chi connectivity index (χ4v) is 2.99. The van der Waals surface area contributed by atoms with Gasteiger partial charge in [0.2, 0.25) is 0 Å². The Labute approximate surface area is 200 Å². The van der Waals surface area contributed by atoms with Crippen LogP contribution < -0.4 is 15.4 Å². The number of unbranched alkanes of at least 4 members (excludes halogenated alkanes) is 2. The lowest BCUT2D eigenvalue weighted by molar-refractivity contribution is -0.138. The van der Waals surface area contributed by atoms with E-state index in [0.29, 0.717) is 24.8 Å². The zero-order chi connectivity index (χ0) is 26.1. The van der Waals surface area contributed by atoms with Gasteiger partial charge in [-0.1, -0.05) is 6.42 Å². The largest absolute Gasteiger partial charge is 0.490 e. The van der Waals surface area contributed by atoms with E-state index in [1.807, 2.05) is 0 Å². The average Bonchev–Trinajstić information content (AvgIpc) is 2.80. The molecule has 188 valence electrons. The molecule has 2 aromatic carbocycles. The highest BCUT2D eigenvalue weighted by atomic mass is 19.4. The molecule has 35 heavy (non-hydrogen) atoms. The standard InChI is InChI=1S/C24H26F3N3O5/c1-23(34,22(33)30-18-7-6-16(14-28)20(13-18)24(25,26)27)15-35-19-10-8-17(9-11-19)29-12-4-2-3-5-21(31)32/h6-11,13,29,34H,2-5,12,15H2,1H3,(H,30,33)(H,31,32)/t23-/m1/s1. The molecule has 11 heteroatoms. The Morgan fingerprint density at radius 3 is 2.31 bits per heavy atom. The minimum atomic E-state index is -4.78. The van der Waals surface area contributed by atoms with Crippen molar-refractivity contribution in [2.75, 3.05) is 23.8 Å². The number of benzene rings is 2. The first-order chi connectivity index (χ1) is 16.4. The summed E-state index contributed by atoms with van der Waals surface area (Å²) in [7, 11) is 0. The Kier molecular flexibility index (Phi) is 9.48. The van der Waals surface area contributed by atoms with Gasteiger partial charge in [-0.15, -0.1) is 0 Å². The molecular weight excluding hydrogens is 467 g/mol. The van der Waals surface area contributed by atoms with Gasteiger partial charge in [0.15, 0.2) is 5.60 Å². The molecule has 1 amide bonds. The lowest BCUT2D eigenvalue weighted by Crippen LogP contribution is -2.45. The quantitative estimate of drug-likeness (QED) is 0.322. The van der Waals surface area contributed by atoms with Gasteiger partial charge in [0.25, 0.3) is 5.91 Å². The molecule has 0 aliphatic rings. The number of carboxylic acids is 1. The van der Waals surface area contributed by atoms with Gasteiger partial charge in [0.05, 0.1) is 17.2 Å². The third-order valence-electron chi connectivity index (χ3n) is 4.96. The summed E-state index contributed by atoms with van der Waals surface area (Å²) in [6.07, 6.45) is -2.41. The third kappa shape index (κ3) is 8.83. The predicted molar refractivity (Wildman–Crippen MR) is 122 cm³/mol. The molecule has 2 aromatic rings. The fraction of sp³-hybridized carbons (Fsp3) is 0.375. The second-order valence-corrected chi connectivity index (χ2v) is 8.04. The highest BCUT2D eigenvalue weighted by Crippen LogP contribution is 2.33. The summed E-state index contributed by atoms with van der Waals surface area (Å²) in [5, 5.41) is 33.3. The van der Waals surface area contributed by atoms with Crippen molar-refractivity contribution in [3.8, 4) is 11.8 Å². The SMILES string of the molecule is C[C@@](O)(COc1ccc(NCCCCCC(=O)O)cc1)C(=O)Nc1ccc(C#N)c(C(F)(F)F)c1. The number of carbonyl (C=O) groups excluding carboxylic acids is 1. The van der Waals surface area contributed by atoms with Gasteiger partial charge in [-0.25, -0.2) is 0 Å². The van der Waals surface area contributed by atoms with Gasteiger partial charge >= 0.3 is 12.1 Å². The number of halogens is 3. The lowest BCUT2D eigenvalue weighted by atomic mass is 10.1. The Balaban J connectivity index is 1.87. The van der Waals surface area contributed by atoms with Gasteiger partial charge in [0.1, 0.15) is 12.4 Å². The van der Waals surface area contributed by atoms with Crippen LogP contribution in [0.25, 0.3) is 0 Å². The van der Waals surface area contributed by atoms with Crippen LogP contribution >= 0.6 is 0 Å². The zero-order valence-electron chi connectivity index (χ0n) is 19.0. The molecular formula is C24H26F3N3O5. The number of carbonyl (C=O) groups is 2. The number of hydrogen-bond acceptors (Lipinski definition) is 6. The van der Waals surface area contributed by atoms with Gasteiger partial charge < -0.3 is 25.6 Å². The number of alkyl halides is 3. The molecule has 0 saturated carbocycles. The van der Waals surface area contributed by atoms with Crippen LogP contribution in [0.4, 0.5) is 24.5 Å². The molecule has 0 bridgehead atoms. The van der Waals surface area contributed by atoms with Crippen LogP contribution in [0.2, 0.25) is 0 Å². The number of nitrogens with one attached hydrogen (secondary N) is 2. The van der Waals surface area contributed by atoms with Crippen molar-refractivity contribution in [1.82, 2.24) is 0 Å². The van der Waals surface area contributed by atoms with E-state index >= 15 is 0 Å². The number of aliphatic carboxylic acids is 1. The number of aliphatic hydroxyl groups is 1. The maximum atomic E-state index is 13.1. The summed E-state index contributed by atoms with van der Waals surface area (Å²) < 4.78 is 44.8. The first kappa shape index (κ1) is 27.5. The maximum absolute atomic E-state index is 13.1.